The summed E-state index contributed by atoms with van der Waals surface area (Å²) in [5, 5.41) is 12.8. The molecule has 2 heteroatoms. The van der Waals surface area contributed by atoms with E-state index in [0.29, 0.717) is 12.0 Å². The van der Waals surface area contributed by atoms with Crippen LogP contribution in [0.4, 0.5) is 0 Å². The van der Waals surface area contributed by atoms with Crippen LogP contribution >= 0.6 is 0 Å². The lowest BCUT2D eigenvalue weighted by molar-refractivity contribution is 0.0579. The third kappa shape index (κ3) is 3.76. The maximum absolute atomic E-state index is 9.34. The van der Waals surface area contributed by atoms with Crippen LogP contribution in [0.25, 0.3) is 0 Å². The van der Waals surface area contributed by atoms with Crippen LogP contribution in [0.5, 0.6) is 0 Å². The molecule has 0 atom stereocenters. The van der Waals surface area contributed by atoms with Gasteiger partial charge in [0.2, 0.25) is 0 Å². The van der Waals surface area contributed by atoms with Gasteiger partial charge in [0.1, 0.15) is 0 Å². The fourth-order valence-electron chi connectivity index (χ4n) is 3.04. The third-order valence-corrected chi connectivity index (χ3v) is 3.81. The lowest BCUT2D eigenvalue weighted by atomic mass is 9.66. The molecule has 1 aliphatic rings. The lowest BCUT2D eigenvalue weighted by Gasteiger charge is -2.41. The monoisotopic (exact) mass is 213 g/mol. The van der Waals surface area contributed by atoms with Crippen molar-refractivity contribution in [1.29, 1.82) is 0 Å². The normalized spacial score (nSPS) is 20.6. The minimum atomic E-state index is 0.0639. The summed E-state index contributed by atoms with van der Waals surface area (Å²) >= 11 is 0. The van der Waals surface area contributed by atoms with Gasteiger partial charge in [-0.2, -0.15) is 0 Å². The van der Waals surface area contributed by atoms with Gasteiger partial charge in [0.25, 0.3) is 0 Å². The number of hydrogen-bond acceptors (Lipinski definition) is 2. The van der Waals surface area contributed by atoms with E-state index in [4.69, 9.17) is 0 Å². The van der Waals surface area contributed by atoms with Crippen molar-refractivity contribution >= 4 is 0 Å². The van der Waals surface area contributed by atoms with Crippen molar-refractivity contribution in [3.8, 4) is 0 Å². The second-order valence-electron chi connectivity index (χ2n) is 6.51. The average Bonchev–Trinajstić information content (AvgIpc) is 2.18. The molecular weight excluding hydrogens is 186 g/mol. The SMILES string of the molecule is CC(C)(CO)CC(C)(C)C1CCNCC1. The first-order chi connectivity index (χ1) is 6.87. The minimum Gasteiger partial charge on any atom is -0.396 e. The Hall–Kier alpha value is -0.0800. The van der Waals surface area contributed by atoms with E-state index < -0.39 is 0 Å². The average molecular weight is 213 g/mol. The summed E-state index contributed by atoms with van der Waals surface area (Å²) in [6.07, 6.45) is 3.68. The number of aliphatic hydroxyl groups is 1. The Morgan fingerprint density at radius 1 is 1.13 bits per heavy atom. The van der Waals surface area contributed by atoms with Crippen LogP contribution in [0.2, 0.25) is 0 Å². The molecule has 0 aromatic rings. The van der Waals surface area contributed by atoms with Crippen molar-refractivity contribution in [2.45, 2.75) is 47.0 Å². The van der Waals surface area contributed by atoms with Crippen LogP contribution in [-0.4, -0.2) is 24.8 Å². The largest absolute Gasteiger partial charge is 0.396 e. The van der Waals surface area contributed by atoms with E-state index in [0.717, 1.165) is 25.4 Å². The Morgan fingerprint density at radius 2 is 1.67 bits per heavy atom. The van der Waals surface area contributed by atoms with Crippen molar-refractivity contribution in [3.05, 3.63) is 0 Å². The molecule has 90 valence electrons. The Morgan fingerprint density at radius 3 is 2.13 bits per heavy atom. The van der Waals surface area contributed by atoms with Crippen LogP contribution < -0.4 is 5.32 Å². The number of aliphatic hydroxyl groups excluding tert-OH is 1. The van der Waals surface area contributed by atoms with E-state index in [1.54, 1.807) is 0 Å². The molecule has 0 aromatic heterocycles. The highest BCUT2D eigenvalue weighted by Gasteiger charge is 2.35. The zero-order chi connectivity index (χ0) is 11.5. The van der Waals surface area contributed by atoms with E-state index in [1.807, 2.05) is 0 Å². The highest BCUT2D eigenvalue weighted by Crippen LogP contribution is 2.42. The van der Waals surface area contributed by atoms with E-state index in [2.05, 4.69) is 33.0 Å². The zero-order valence-corrected chi connectivity index (χ0v) is 10.8. The summed E-state index contributed by atoms with van der Waals surface area (Å²) in [5.74, 6) is 0.810. The lowest BCUT2D eigenvalue weighted by Crippen LogP contribution is -2.38. The summed E-state index contributed by atoms with van der Waals surface area (Å²) in [7, 11) is 0. The summed E-state index contributed by atoms with van der Waals surface area (Å²) in [6.45, 7) is 11.7. The Labute approximate surface area is 94.5 Å². The van der Waals surface area contributed by atoms with Gasteiger partial charge in [-0.25, -0.2) is 0 Å². The minimum absolute atomic E-state index is 0.0639. The smallest absolute Gasteiger partial charge is 0.0482 e. The fraction of sp³-hybridized carbons (Fsp3) is 1.00. The Bertz CT molecular complexity index is 193. The van der Waals surface area contributed by atoms with E-state index in [9.17, 15) is 5.11 Å². The quantitative estimate of drug-likeness (QED) is 0.751. The molecule has 0 aromatic carbocycles. The standard InChI is InChI=1S/C13H27NO/c1-12(2,10-15)9-13(3,4)11-5-7-14-8-6-11/h11,14-15H,5-10H2,1-4H3. The summed E-state index contributed by atoms with van der Waals surface area (Å²) < 4.78 is 0. The molecule has 15 heavy (non-hydrogen) atoms. The number of nitrogens with one attached hydrogen (secondary N) is 1. The molecule has 0 spiro atoms. The molecule has 0 radical (unpaired) electrons. The first-order valence-electron chi connectivity index (χ1n) is 6.19. The van der Waals surface area contributed by atoms with E-state index >= 15 is 0 Å². The van der Waals surface area contributed by atoms with Gasteiger partial charge in [-0.1, -0.05) is 27.7 Å². The van der Waals surface area contributed by atoms with Gasteiger partial charge in [-0.05, 0) is 49.1 Å². The first kappa shape index (κ1) is 13.0. The molecule has 0 saturated carbocycles. The summed E-state index contributed by atoms with van der Waals surface area (Å²) in [5.41, 5.74) is 0.419. The molecule has 2 nitrogen and oxygen atoms in total. The molecular formula is C13H27NO. The second kappa shape index (κ2) is 4.84. The molecule has 0 amide bonds. The molecule has 1 aliphatic heterocycles. The summed E-state index contributed by atoms with van der Waals surface area (Å²) in [6, 6.07) is 0. The van der Waals surface area contributed by atoms with Crippen LogP contribution in [-0.2, 0) is 0 Å². The Balaban J connectivity index is 2.56. The van der Waals surface area contributed by atoms with Crippen molar-refractivity contribution in [1.82, 2.24) is 5.32 Å². The maximum atomic E-state index is 9.34. The van der Waals surface area contributed by atoms with Crippen LogP contribution in [0.1, 0.15) is 47.0 Å². The van der Waals surface area contributed by atoms with Gasteiger partial charge in [-0.15, -0.1) is 0 Å². The third-order valence-electron chi connectivity index (χ3n) is 3.81. The predicted molar refractivity (Wildman–Crippen MR) is 64.9 cm³/mol. The Kier molecular flexibility index (Phi) is 4.19. The molecule has 0 aliphatic carbocycles. The molecule has 1 fully saturated rings. The highest BCUT2D eigenvalue weighted by atomic mass is 16.3. The topological polar surface area (TPSA) is 32.3 Å². The van der Waals surface area contributed by atoms with Gasteiger partial charge in [0.05, 0.1) is 0 Å². The van der Waals surface area contributed by atoms with Crippen LogP contribution in [0, 0.1) is 16.7 Å². The van der Waals surface area contributed by atoms with Crippen LogP contribution in [0.15, 0.2) is 0 Å². The first-order valence-corrected chi connectivity index (χ1v) is 6.19. The predicted octanol–water partition coefficient (Wildman–Crippen LogP) is 2.42. The zero-order valence-electron chi connectivity index (χ0n) is 10.8. The van der Waals surface area contributed by atoms with Crippen molar-refractivity contribution < 1.29 is 5.11 Å². The van der Waals surface area contributed by atoms with Gasteiger partial charge in [0.15, 0.2) is 0 Å². The van der Waals surface area contributed by atoms with E-state index in [-0.39, 0.29) is 5.41 Å². The molecule has 1 heterocycles. The number of rotatable bonds is 4. The second-order valence-corrected chi connectivity index (χ2v) is 6.51. The summed E-state index contributed by atoms with van der Waals surface area (Å²) in [4.78, 5) is 0. The molecule has 1 saturated heterocycles. The van der Waals surface area contributed by atoms with E-state index in [1.165, 1.54) is 12.8 Å². The molecule has 2 N–H and O–H groups in total. The number of piperidine rings is 1. The van der Waals surface area contributed by atoms with Gasteiger partial charge >= 0.3 is 0 Å². The fourth-order valence-corrected chi connectivity index (χ4v) is 3.04. The van der Waals surface area contributed by atoms with Gasteiger partial charge < -0.3 is 10.4 Å². The number of hydrogen-bond donors (Lipinski definition) is 2. The molecule has 1 rings (SSSR count). The van der Waals surface area contributed by atoms with Crippen molar-refractivity contribution in [3.63, 3.8) is 0 Å². The van der Waals surface area contributed by atoms with Gasteiger partial charge in [-0.3, -0.25) is 0 Å². The molecule has 0 unspecified atom stereocenters. The van der Waals surface area contributed by atoms with Crippen molar-refractivity contribution in [2.24, 2.45) is 16.7 Å². The molecule has 0 bridgehead atoms. The highest BCUT2D eigenvalue weighted by molar-refractivity contribution is 4.86. The van der Waals surface area contributed by atoms with Crippen LogP contribution in [0.3, 0.4) is 0 Å². The van der Waals surface area contributed by atoms with Crippen molar-refractivity contribution in [2.75, 3.05) is 19.7 Å². The van der Waals surface area contributed by atoms with Gasteiger partial charge in [0, 0.05) is 6.61 Å². The maximum Gasteiger partial charge on any atom is 0.0482 e.